The SMILES string of the molecule is c1ccc(-c2nc(-c3cccnc3)nc(-c3cccc4c3oc3cccc(-c5ccc6oc7ccccc7c6c5)c34)n2)cc1. The first-order chi connectivity index (χ1) is 21.8. The molecule has 0 aliphatic rings. The number of fused-ring (bicyclic) bond motifs is 6. The van der Waals surface area contributed by atoms with Crippen LogP contribution in [0.1, 0.15) is 0 Å². The maximum Gasteiger partial charge on any atom is 0.167 e. The number of rotatable bonds is 4. The van der Waals surface area contributed by atoms with E-state index < -0.39 is 0 Å². The minimum Gasteiger partial charge on any atom is -0.456 e. The zero-order chi connectivity index (χ0) is 29.0. The van der Waals surface area contributed by atoms with Gasteiger partial charge in [0.25, 0.3) is 0 Å². The van der Waals surface area contributed by atoms with Crippen molar-refractivity contribution in [2.45, 2.75) is 0 Å². The highest BCUT2D eigenvalue weighted by atomic mass is 16.3. The van der Waals surface area contributed by atoms with Crippen LogP contribution in [0.4, 0.5) is 0 Å². The maximum absolute atomic E-state index is 6.60. The van der Waals surface area contributed by atoms with Crippen LogP contribution in [0.5, 0.6) is 0 Å². The summed E-state index contributed by atoms with van der Waals surface area (Å²) >= 11 is 0. The van der Waals surface area contributed by atoms with E-state index in [4.69, 9.17) is 23.8 Å². The summed E-state index contributed by atoms with van der Waals surface area (Å²) < 4.78 is 12.7. The van der Waals surface area contributed by atoms with Crippen LogP contribution in [0.15, 0.2) is 143 Å². The Morgan fingerprint density at radius 1 is 0.432 bits per heavy atom. The molecule has 0 saturated heterocycles. The number of benzene rings is 5. The van der Waals surface area contributed by atoms with E-state index in [0.29, 0.717) is 17.5 Å². The molecule has 6 nitrogen and oxygen atoms in total. The first-order valence-electron chi connectivity index (χ1n) is 14.4. The second kappa shape index (κ2) is 9.71. The van der Waals surface area contributed by atoms with Gasteiger partial charge in [0, 0.05) is 45.1 Å². The van der Waals surface area contributed by atoms with Crippen molar-refractivity contribution in [2.24, 2.45) is 0 Å². The van der Waals surface area contributed by atoms with Crippen LogP contribution in [-0.4, -0.2) is 19.9 Å². The number of pyridine rings is 1. The third-order valence-electron chi connectivity index (χ3n) is 8.04. The molecule has 0 aliphatic carbocycles. The van der Waals surface area contributed by atoms with E-state index in [2.05, 4.69) is 35.3 Å². The van der Waals surface area contributed by atoms with Gasteiger partial charge in [0.05, 0.1) is 5.56 Å². The second-order valence-corrected chi connectivity index (χ2v) is 10.7. The minimum absolute atomic E-state index is 0.537. The van der Waals surface area contributed by atoms with Crippen LogP contribution >= 0.6 is 0 Å². The molecule has 0 bridgehead atoms. The van der Waals surface area contributed by atoms with E-state index >= 15 is 0 Å². The quantitative estimate of drug-likeness (QED) is 0.211. The third kappa shape index (κ3) is 3.89. The van der Waals surface area contributed by atoms with Gasteiger partial charge in [-0.1, -0.05) is 78.9 Å². The van der Waals surface area contributed by atoms with Crippen molar-refractivity contribution in [2.75, 3.05) is 0 Å². The van der Waals surface area contributed by atoms with E-state index in [1.54, 1.807) is 12.4 Å². The molecule has 0 N–H and O–H groups in total. The molecule has 0 aliphatic heterocycles. The van der Waals surface area contributed by atoms with Gasteiger partial charge in [0.1, 0.15) is 22.3 Å². The minimum atomic E-state index is 0.537. The molecule has 0 unspecified atom stereocenters. The first kappa shape index (κ1) is 24.5. The fourth-order valence-electron chi connectivity index (χ4n) is 5.99. The number of hydrogen-bond donors (Lipinski definition) is 0. The fraction of sp³-hybridized carbons (Fsp3) is 0. The second-order valence-electron chi connectivity index (χ2n) is 10.7. The highest BCUT2D eigenvalue weighted by molar-refractivity contribution is 6.16. The third-order valence-corrected chi connectivity index (χ3v) is 8.04. The van der Waals surface area contributed by atoms with Crippen molar-refractivity contribution < 1.29 is 8.83 Å². The predicted octanol–water partition coefficient (Wildman–Crippen LogP) is 9.73. The summed E-state index contributed by atoms with van der Waals surface area (Å²) in [6.45, 7) is 0. The van der Waals surface area contributed by atoms with Gasteiger partial charge in [-0.25, -0.2) is 15.0 Å². The van der Waals surface area contributed by atoms with Gasteiger partial charge in [-0.15, -0.1) is 0 Å². The van der Waals surface area contributed by atoms with Gasteiger partial charge in [-0.05, 0) is 53.6 Å². The average Bonchev–Trinajstić information content (AvgIpc) is 3.67. The normalized spacial score (nSPS) is 11.6. The molecule has 0 amide bonds. The molecule has 6 heteroatoms. The Kier molecular flexibility index (Phi) is 5.40. The molecular formula is C38H22N4O2. The Hall–Kier alpha value is -6.14. The van der Waals surface area contributed by atoms with E-state index in [1.165, 1.54) is 0 Å². The molecule has 0 saturated carbocycles. The van der Waals surface area contributed by atoms with Crippen LogP contribution in [0, 0.1) is 0 Å². The Balaban J connectivity index is 1.27. The van der Waals surface area contributed by atoms with Crippen LogP contribution in [0.25, 0.3) is 89.2 Å². The molecule has 9 aromatic rings. The van der Waals surface area contributed by atoms with E-state index in [0.717, 1.165) is 71.7 Å². The highest BCUT2D eigenvalue weighted by Crippen LogP contribution is 2.41. The van der Waals surface area contributed by atoms with Gasteiger partial charge in [-0.3, -0.25) is 4.98 Å². The van der Waals surface area contributed by atoms with Crippen molar-refractivity contribution in [1.82, 2.24) is 19.9 Å². The summed E-state index contributed by atoms with van der Waals surface area (Å²) in [5.41, 5.74) is 7.97. The number of nitrogens with zero attached hydrogens (tertiary/aromatic N) is 4. The Morgan fingerprint density at radius 2 is 1.14 bits per heavy atom. The molecule has 5 aromatic carbocycles. The molecule has 0 atom stereocenters. The van der Waals surface area contributed by atoms with Gasteiger partial charge >= 0.3 is 0 Å². The van der Waals surface area contributed by atoms with Crippen molar-refractivity contribution in [3.05, 3.63) is 134 Å². The molecule has 0 radical (unpaired) electrons. The highest BCUT2D eigenvalue weighted by Gasteiger charge is 2.20. The van der Waals surface area contributed by atoms with Crippen LogP contribution < -0.4 is 0 Å². The van der Waals surface area contributed by atoms with Crippen LogP contribution in [-0.2, 0) is 0 Å². The lowest BCUT2D eigenvalue weighted by Gasteiger charge is -2.08. The summed E-state index contributed by atoms with van der Waals surface area (Å²) in [5, 5.41) is 4.23. The van der Waals surface area contributed by atoms with Gasteiger partial charge in [-0.2, -0.15) is 0 Å². The molecular weight excluding hydrogens is 544 g/mol. The summed E-state index contributed by atoms with van der Waals surface area (Å²) in [6, 6.07) is 40.6. The molecule has 0 spiro atoms. The molecule has 0 fully saturated rings. The Bertz CT molecular complexity index is 2440. The molecule has 206 valence electrons. The Labute approximate surface area is 251 Å². The predicted molar refractivity (Wildman–Crippen MR) is 174 cm³/mol. The lowest BCUT2D eigenvalue weighted by atomic mass is 9.97. The summed E-state index contributed by atoms with van der Waals surface area (Å²) in [5.74, 6) is 1.68. The van der Waals surface area contributed by atoms with Crippen molar-refractivity contribution in [3.8, 4) is 45.3 Å². The van der Waals surface area contributed by atoms with Crippen molar-refractivity contribution in [3.63, 3.8) is 0 Å². The summed E-state index contributed by atoms with van der Waals surface area (Å²) in [4.78, 5) is 19.0. The van der Waals surface area contributed by atoms with Gasteiger partial charge < -0.3 is 8.83 Å². The maximum atomic E-state index is 6.60. The number of aromatic nitrogens is 4. The lowest BCUT2D eigenvalue weighted by molar-refractivity contribution is 0.669. The topological polar surface area (TPSA) is 77.8 Å². The molecule has 4 aromatic heterocycles. The largest absolute Gasteiger partial charge is 0.456 e. The fourth-order valence-corrected chi connectivity index (χ4v) is 5.99. The first-order valence-corrected chi connectivity index (χ1v) is 14.4. The average molecular weight is 567 g/mol. The van der Waals surface area contributed by atoms with Crippen LogP contribution in [0.3, 0.4) is 0 Å². The zero-order valence-electron chi connectivity index (χ0n) is 23.3. The lowest BCUT2D eigenvalue weighted by Crippen LogP contribution is -2.00. The van der Waals surface area contributed by atoms with Gasteiger partial charge in [0.2, 0.25) is 0 Å². The monoisotopic (exact) mass is 566 g/mol. The van der Waals surface area contributed by atoms with Crippen molar-refractivity contribution >= 4 is 43.9 Å². The van der Waals surface area contributed by atoms with E-state index in [-0.39, 0.29) is 0 Å². The summed E-state index contributed by atoms with van der Waals surface area (Å²) in [6.07, 6.45) is 3.51. The number of furan rings is 2. The smallest absolute Gasteiger partial charge is 0.167 e. The van der Waals surface area contributed by atoms with E-state index in [9.17, 15) is 0 Å². The summed E-state index contributed by atoms with van der Waals surface area (Å²) in [7, 11) is 0. The molecule has 44 heavy (non-hydrogen) atoms. The van der Waals surface area contributed by atoms with E-state index in [1.807, 2.05) is 91.0 Å². The molecule has 4 heterocycles. The van der Waals surface area contributed by atoms with Gasteiger partial charge in [0.15, 0.2) is 17.5 Å². The number of hydrogen-bond acceptors (Lipinski definition) is 6. The van der Waals surface area contributed by atoms with Crippen LogP contribution in [0.2, 0.25) is 0 Å². The standard InChI is InChI=1S/C38H22N4O2/c1-2-9-23(10-3-1)36-40-37(25-11-8-20-39-22-25)42-38(41-36)29-15-6-14-28-34-26(13-7-17-33(34)44-35(28)29)24-18-19-32-30(21-24)27-12-4-5-16-31(27)43-32/h1-22H. The molecule has 9 rings (SSSR count). The number of para-hydroxylation sites is 2. The Morgan fingerprint density at radius 3 is 2.02 bits per heavy atom. The zero-order valence-corrected chi connectivity index (χ0v) is 23.3. The van der Waals surface area contributed by atoms with Crippen molar-refractivity contribution in [1.29, 1.82) is 0 Å².